The summed E-state index contributed by atoms with van der Waals surface area (Å²) in [6.07, 6.45) is 3.83. The first-order valence-electron chi connectivity index (χ1n) is 5.37. The third-order valence-electron chi connectivity index (χ3n) is 3.40. The van der Waals surface area contributed by atoms with Gasteiger partial charge in [-0.2, -0.15) is 0 Å². The van der Waals surface area contributed by atoms with Crippen molar-refractivity contribution in [2.24, 2.45) is 5.73 Å². The second kappa shape index (κ2) is 3.56. The molecule has 2 rings (SSSR count). The Bertz CT molecular complexity index is 174. The minimum absolute atomic E-state index is 0.177. The predicted molar refractivity (Wildman–Crippen MR) is 52.6 cm³/mol. The highest BCUT2D eigenvalue weighted by Crippen LogP contribution is 2.36. The zero-order valence-corrected chi connectivity index (χ0v) is 8.46. The lowest BCUT2D eigenvalue weighted by Gasteiger charge is -2.39. The van der Waals surface area contributed by atoms with Crippen molar-refractivity contribution < 1.29 is 4.74 Å². The second-order valence-electron chi connectivity index (χ2n) is 4.25. The Morgan fingerprint density at radius 3 is 2.69 bits per heavy atom. The minimum atomic E-state index is 0.177. The van der Waals surface area contributed by atoms with Gasteiger partial charge in [0.25, 0.3) is 0 Å². The molecule has 0 amide bonds. The van der Waals surface area contributed by atoms with Crippen molar-refractivity contribution in [3.8, 4) is 0 Å². The minimum Gasteiger partial charge on any atom is -0.379 e. The van der Waals surface area contributed by atoms with Gasteiger partial charge < -0.3 is 10.5 Å². The van der Waals surface area contributed by atoms with Gasteiger partial charge in [0.15, 0.2) is 0 Å². The molecule has 1 aliphatic carbocycles. The van der Waals surface area contributed by atoms with Gasteiger partial charge in [0.1, 0.15) is 0 Å². The monoisotopic (exact) mass is 184 g/mol. The van der Waals surface area contributed by atoms with Crippen LogP contribution in [0.2, 0.25) is 0 Å². The molecule has 1 atom stereocenters. The Balaban J connectivity index is 2.07. The molecule has 1 aliphatic heterocycles. The van der Waals surface area contributed by atoms with Gasteiger partial charge in [-0.25, -0.2) is 0 Å². The molecule has 0 aromatic carbocycles. The van der Waals surface area contributed by atoms with Crippen molar-refractivity contribution in [3.05, 3.63) is 0 Å². The third kappa shape index (κ3) is 1.60. The van der Waals surface area contributed by atoms with Crippen LogP contribution >= 0.6 is 0 Å². The van der Waals surface area contributed by atoms with Gasteiger partial charge in [-0.1, -0.05) is 6.92 Å². The molecule has 0 radical (unpaired) electrons. The molecule has 2 fully saturated rings. The SMILES string of the molecule is CCN(C1CC1)C1(CN)CCOC1. The van der Waals surface area contributed by atoms with E-state index in [1.165, 1.54) is 12.8 Å². The Morgan fingerprint density at radius 2 is 2.31 bits per heavy atom. The van der Waals surface area contributed by atoms with Crippen LogP contribution < -0.4 is 5.73 Å². The molecule has 13 heavy (non-hydrogen) atoms. The summed E-state index contributed by atoms with van der Waals surface area (Å²) in [5, 5.41) is 0. The number of nitrogens with zero attached hydrogens (tertiary/aromatic N) is 1. The number of hydrogen-bond donors (Lipinski definition) is 1. The molecule has 1 saturated carbocycles. The van der Waals surface area contributed by atoms with Gasteiger partial charge in [-0.3, -0.25) is 4.90 Å². The summed E-state index contributed by atoms with van der Waals surface area (Å²) in [6, 6.07) is 0.801. The normalized spacial score (nSPS) is 34.4. The highest BCUT2D eigenvalue weighted by molar-refractivity contribution is 5.00. The predicted octanol–water partition coefficient (Wildman–Crippen LogP) is 0.588. The lowest BCUT2D eigenvalue weighted by molar-refractivity contribution is 0.0695. The average molecular weight is 184 g/mol. The van der Waals surface area contributed by atoms with Crippen LogP contribution in [0.5, 0.6) is 0 Å². The van der Waals surface area contributed by atoms with E-state index in [1.807, 2.05) is 0 Å². The highest BCUT2D eigenvalue weighted by atomic mass is 16.5. The highest BCUT2D eigenvalue weighted by Gasteiger charge is 2.44. The second-order valence-corrected chi connectivity index (χ2v) is 4.25. The number of hydrogen-bond acceptors (Lipinski definition) is 3. The first kappa shape index (κ1) is 9.44. The Kier molecular flexibility index (Phi) is 2.58. The van der Waals surface area contributed by atoms with Crippen LogP contribution in [0, 0.1) is 0 Å². The van der Waals surface area contributed by atoms with Gasteiger partial charge in [0.05, 0.1) is 12.1 Å². The smallest absolute Gasteiger partial charge is 0.0663 e. The van der Waals surface area contributed by atoms with Crippen molar-refractivity contribution in [1.82, 2.24) is 4.90 Å². The van der Waals surface area contributed by atoms with E-state index in [2.05, 4.69) is 11.8 Å². The van der Waals surface area contributed by atoms with E-state index in [0.717, 1.165) is 38.8 Å². The van der Waals surface area contributed by atoms with E-state index in [0.29, 0.717) is 0 Å². The first-order valence-corrected chi connectivity index (χ1v) is 5.37. The van der Waals surface area contributed by atoms with E-state index in [1.54, 1.807) is 0 Å². The maximum Gasteiger partial charge on any atom is 0.0663 e. The molecule has 0 bridgehead atoms. The van der Waals surface area contributed by atoms with Crippen molar-refractivity contribution in [2.75, 3.05) is 26.3 Å². The number of likely N-dealkylation sites (N-methyl/N-ethyl adjacent to an activating group) is 1. The average Bonchev–Trinajstić information content (AvgIpc) is 2.85. The Morgan fingerprint density at radius 1 is 1.54 bits per heavy atom. The summed E-state index contributed by atoms with van der Waals surface area (Å²) in [6.45, 7) is 5.82. The molecule has 0 aromatic rings. The molecular formula is C10H20N2O. The molecular weight excluding hydrogens is 164 g/mol. The molecule has 3 nitrogen and oxygen atoms in total. The maximum absolute atomic E-state index is 5.89. The van der Waals surface area contributed by atoms with E-state index in [-0.39, 0.29) is 5.54 Å². The van der Waals surface area contributed by atoms with Crippen molar-refractivity contribution in [3.63, 3.8) is 0 Å². The molecule has 1 saturated heterocycles. The summed E-state index contributed by atoms with van der Waals surface area (Å²) < 4.78 is 5.49. The number of ether oxygens (including phenoxy) is 1. The third-order valence-corrected chi connectivity index (χ3v) is 3.40. The summed E-state index contributed by atoms with van der Waals surface area (Å²) in [4.78, 5) is 2.57. The van der Waals surface area contributed by atoms with Crippen LogP contribution in [0.1, 0.15) is 26.2 Å². The number of rotatable bonds is 4. The zero-order chi connectivity index (χ0) is 9.31. The summed E-state index contributed by atoms with van der Waals surface area (Å²) in [5.74, 6) is 0. The van der Waals surface area contributed by atoms with Crippen molar-refractivity contribution in [1.29, 1.82) is 0 Å². The van der Waals surface area contributed by atoms with Gasteiger partial charge in [0.2, 0.25) is 0 Å². The van der Waals surface area contributed by atoms with Crippen LogP contribution in [0.4, 0.5) is 0 Å². The van der Waals surface area contributed by atoms with Gasteiger partial charge in [-0.15, -0.1) is 0 Å². The van der Waals surface area contributed by atoms with E-state index >= 15 is 0 Å². The van der Waals surface area contributed by atoms with Crippen molar-refractivity contribution in [2.45, 2.75) is 37.8 Å². The van der Waals surface area contributed by atoms with Gasteiger partial charge >= 0.3 is 0 Å². The van der Waals surface area contributed by atoms with Crippen LogP contribution in [-0.4, -0.2) is 42.8 Å². The molecule has 2 aliphatic rings. The zero-order valence-electron chi connectivity index (χ0n) is 8.46. The van der Waals surface area contributed by atoms with Crippen LogP contribution in [0.15, 0.2) is 0 Å². The van der Waals surface area contributed by atoms with Crippen LogP contribution in [0.3, 0.4) is 0 Å². The van der Waals surface area contributed by atoms with E-state index < -0.39 is 0 Å². The molecule has 0 spiro atoms. The van der Waals surface area contributed by atoms with Crippen LogP contribution in [0.25, 0.3) is 0 Å². The molecule has 1 heterocycles. The summed E-state index contributed by atoms with van der Waals surface area (Å²) in [7, 11) is 0. The maximum atomic E-state index is 5.89. The lowest BCUT2D eigenvalue weighted by atomic mass is 9.96. The standard InChI is InChI=1S/C10H20N2O/c1-2-12(9-3-4-9)10(7-11)5-6-13-8-10/h9H,2-8,11H2,1H3. The molecule has 2 N–H and O–H groups in total. The quantitative estimate of drug-likeness (QED) is 0.695. The largest absolute Gasteiger partial charge is 0.379 e. The molecule has 3 heteroatoms. The summed E-state index contributed by atoms with van der Waals surface area (Å²) >= 11 is 0. The van der Waals surface area contributed by atoms with E-state index in [9.17, 15) is 0 Å². The van der Waals surface area contributed by atoms with Gasteiger partial charge in [-0.05, 0) is 25.8 Å². The molecule has 76 valence electrons. The first-order chi connectivity index (χ1) is 6.32. The fraction of sp³-hybridized carbons (Fsp3) is 1.00. The fourth-order valence-electron chi connectivity index (χ4n) is 2.47. The van der Waals surface area contributed by atoms with Crippen molar-refractivity contribution >= 4 is 0 Å². The fourth-order valence-corrected chi connectivity index (χ4v) is 2.47. The number of nitrogens with two attached hydrogens (primary N) is 1. The Labute approximate surface area is 80.2 Å². The summed E-state index contributed by atoms with van der Waals surface area (Å²) in [5.41, 5.74) is 6.07. The lowest BCUT2D eigenvalue weighted by Crippen LogP contribution is -2.55. The van der Waals surface area contributed by atoms with E-state index in [4.69, 9.17) is 10.5 Å². The van der Waals surface area contributed by atoms with Gasteiger partial charge in [0, 0.05) is 19.2 Å². The molecule has 0 aromatic heterocycles. The topological polar surface area (TPSA) is 38.5 Å². The van der Waals surface area contributed by atoms with Crippen LogP contribution in [-0.2, 0) is 4.74 Å². The Hall–Kier alpha value is -0.120. The molecule has 1 unspecified atom stereocenters.